The Bertz CT molecular complexity index is 1070. The van der Waals surface area contributed by atoms with Crippen LogP contribution < -0.4 is 4.74 Å². The molecule has 5 nitrogen and oxygen atoms in total. The van der Waals surface area contributed by atoms with Crippen molar-refractivity contribution in [2.45, 2.75) is 6.61 Å². The maximum Gasteiger partial charge on any atom is 0.359 e. The summed E-state index contributed by atoms with van der Waals surface area (Å²) in [6.45, 7) is 0.538. The predicted octanol–water partition coefficient (Wildman–Crippen LogP) is 4.60. The van der Waals surface area contributed by atoms with Gasteiger partial charge in [-0.15, -0.1) is 0 Å². The van der Waals surface area contributed by atoms with Crippen molar-refractivity contribution in [1.29, 1.82) is 0 Å². The summed E-state index contributed by atoms with van der Waals surface area (Å²) in [4.78, 5) is 11.7. The van der Waals surface area contributed by atoms with Crippen LogP contribution in [-0.4, -0.2) is 23.3 Å². The number of carbonyl (C=O) groups is 1. The third-order valence-corrected chi connectivity index (χ3v) is 4.38. The monoisotopic (exact) mass is 358 g/mol. The summed E-state index contributed by atoms with van der Waals surface area (Å²) in [5.41, 5.74) is 4.30. The van der Waals surface area contributed by atoms with E-state index in [4.69, 9.17) is 9.47 Å². The minimum atomic E-state index is -0.450. The fraction of sp³-hybridized carbons (Fsp3) is 0.0909. The topological polar surface area (TPSA) is 64.2 Å². The van der Waals surface area contributed by atoms with E-state index in [0.29, 0.717) is 12.3 Å². The molecule has 134 valence electrons. The van der Waals surface area contributed by atoms with Crippen LogP contribution in [0.15, 0.2) is 72.8 Å². The first kappa shape index (κ1) is 16.8. The van der Waals surface area contributed by atoms with Gasteiger partial charge in [0.15, 0.2) is 5.69 Å². The molecule has 0 bridgehead atoms. The molecule has 1 N–H and O–H groups in total. The van der Waals surface area contributed by atoms with Gasteiger partial charge in [-0.25, -0.2) is 4.79 Å². The molecule has 0 aliphatic carbocycles. The van der Waals surface area contributed by atoms with E-state index >= 15 is 0 Å². The van der Waals surface area contributed by atoms with Crippen LogP contribution in [0.1, 0.15) is 16.1 Å². The normalized spacial score (nSPS) is 10.7. The average Bonchev–Trinajstić information content (AvgIpc) is 3.16. The Hall–Kier alpha value is -3.60. The largest absolute Gasteiger partial charge is 0.489 e. The summed E-state index contributed by atoms with van der Waals surface area (Å²) in [5.74, 6) is 0.368. The molecule has 0 aliphatic heterocycles. The maximum absolute atomic E-state index is 11.7. The lowest BCUT2D eigenvalue weighted by atomic mass is 10.0. The van der Waals surface area contributed by atoms with E-state index < -0.39 is 5.97 Å². The van der Waals surface area contributed by atoms with E-state index in [0.717, 1.165) is 33.3 Å². The summed E-state index contributed by atoms with van der Waals surface area (Å²) in [7, 11) is 1.35. The predicted molar refractivity (Wildman–Crippen MR) is 104 cm³/mol. The molecule has 0 radical (unpaired) electrons. The summed E-state index contributed by atoms with van der Waals surface area (Å²) in [6, 6.07) is 23.8. The molecule has 3 aromatic carbocycles. The molecule has 0 aliphatic rings. The number of H-pyrrole nitrogens is 1. The molecule has 0 saturated carbocycles. The van der Waals surface area contributed by atoms with Crippen molar-refractivity contribution in [2.24, 2.45) is 0 Å². The van der Waals surface area contributed by atoms with Gasteiger partial charge in [-0.1, -0.05) is 48.5 Å². The lowest BCUT2D eigenvalue weighted by Gasteiger charge is -2.08. The number of benzene rings is 3. The molecule has 0 amide bonds. The van der Waals surface area contributed by atoms with Gasteiger partial charge >= 0.3 is 5.97 Å². The number of aromatic amines is 1. The standard InChI is InChI=1S/C22H18N2O3/c1-26-22(25)21-19-12-9-17(13-20(19)23-24-21)16-7-10-18(11-8-16)27-14-15-5-3-2-4-6-15/h2-13H,14H2,1H3,(H,23,24). The van der Waals surface area contributed by atoms with Crippen LogP contribution in [0.25, 0.3) is 22.0 Å². The zero-order valence-corrected chi connectivity index (χ0v) is 14.8. The highest BCUT2D eigenvalue weighted by molar-refractivity contribution is 6.02. The third-order valence-electron chi connectivity index (χ3n) is 4.38. The highest BCUT2D eigenvalue weighted by Crippen LogP contribution is 2.27. The minimum Gasteiger partial charge on any atom is -0.489 e. The lowest BCUT2D eigenvalue weighted by Crippen LogP contribution is -2.01. The van der Waals surface area contributed by atoms with Crippen molar-refractivity contribution >= 4 is 16.9 Å². The number of aromatic nitrogens is 2. The van der Waals surface area contributed by atoms with Crippen LogP contribution in [0.3, 0.4) is 0 Å². The summed E-state index contributed by atoms with van der Waals surface area (Å²) < 4.78 is 10.6. The Labute approximate surface area is 156 Å². The molecule has 0 atom stereocenters. The number of rotatable bonds is 5. The number of fused-ring (bicyclic) bond motifs is 1. The van der Waals surface area contributed by atoms with Crippen LogP contribution in [0.4, 0.5) is 0 Å². The van der Waals surface area contributed by atoms with Crippen molar-refractivity contribution < 1.29 is 14.3 Å². The molecule has 4 rings (SSSR count). The Balaban J connectivity index is 1.52. The van der Waals surface area contributed by atoms with Gasteiger partial charge in [-0.3, -0.25) is 5.10 Å². The summed E-state index contributed by atoms with van der Waals surface area (Å²) in [5, 5.41) is 7.68. The zero-order valence-electron chi connectivity index (χ0n) is 14.8. The third kappa shape index (κ3) is 3.53. The van der Waals surface area contributed by atoms with E-state index in [1.807, 2.05) is 72.8 Å². The van der Waals surface area contributed by atoms with Gasteiger partial charge in [0, 0.05) is 5.39 Å². The number of methoxy groups -OCH3 is 1. The second-order valence-electron chi connectivity index (χ2n) is 6.12. The number of nitrogens with one attached hydrogen (secondary N) is 1. The summed E-state index contributed by atoms with van der Waals surface area (Å²) in [6.07, 6.45) is 0. The lowest BCUT2D eigenvalue weighted by molar-refractivity contribution is 0.0596. The fourth-order valence-corrected chi connectivity index (χ4v) is 2.94. The van der Waals surface area contributed by atoms with Gasteiger partial charge in [-0.05, 0) is 41.0 Å². The number of ether oxygens (including phenoxy) is 2. The highest BCUT2D eigenvalue weighted by Gasteiger charge is 2.14. The second-order valence-corrected chi connectivity index (χ2v) is 6.12. The van der Waals surface area contributed by atoms with E-state index in [1.54, 1.807) is 0 Å². The van der Waals surface area contributed by atoms with Gasteiger partial charge in [0.05, 0.1) is 12.6 Å². The molecule has 1 heterocycles. The van der Waals surface area contributed by atoms with Crippen molar-refractivity contribution in [3.8, 4) is 16.9 Å². The molecule has 0 unspecified atom stereocenters. The van der Waals surface area contributed by atoms with Gasteiger partial charge in [0.25, 0.3) is 0 Å². The van der Waals surface area contributed by atoms with Crippen LogP contribution in [0.5, 0.6) is 5.75 Å². The van der Waals surface area contributed by atoms with E-state index in [1.165, 1.54) is 7.11 Å². The first-order valence-electron chi connectivity index (χ1n) is 8.58. The van der Waals surface area contributed by atoms with Crippen molar-refractivity contribution in [3.63, 3.8) is 0 Å². The highest BCUT2D eigenvalue weighted by atomic mass is 16.5. The smallest absolute Gasteiger partial charge is 0.359 e. The maximum atomic E-state index is 11.7. The number of hydrogen-bond donors (Lipinski definition) is 1. The number of esters is 1. The molecular weight excluding hydrogens is 340 g/mol. The first-order valence-corrected chi connectivity index (χ1v) is 8.58. The Morgan fingerprint density at radius 1 is 0.963 bits per heavy atom. The molecule has 0 saturated heterocycles. The second kappa shape index (κ2) is 7.33. The van der Waals surface area contributed by atoms with Crippen LogP contribution >= 0.6 is 0 Å². The van der Waals surface area contributed by atoms with Gasteiger partial charge in [0.2, 0.25) is 0 Å². The van der Waals surface area contributed by atoms with Crippen molar-refractivity contribution in [3.05, 3.63) is 84.1 Å². The van der Waals surface area contributed by atoms with E-state index in [9.17, 15) is 4.79 Å². The minimum absolute atomic E-state index is 0.295. The van der Waals surface area contributed by atoms with Crippen LogP contribution in [0, 0.1) is 0 Å². The van der Waals surface area contributed by atoms with Crippen molar-refractivity contribution in [1.82, 2.24) is 10.2 Å². The van der Waals surface area contributed by atoms with Gasteiger partial charge in [0.1, 0.15) is 12.4 Å². The van der Waals surface area contributed by atoms with Crippen LogP contribution in [-0.2, 0) is 11.3 Å². The van der Waals surface area contributed by atoms with E-state index in [2.05, 4.69) is 10.2 Å². The van der Waals surface area contributed by atoms with E-state index in [-0.39, 0.29) is 0 Å². The van der Waals surface area contributed by atoms with Crippen molar-refractivity contribution in [2.75, 3.05) is 7.11 Å². The number of hydrogen-bond acceptors (Lipinski definition) is 4. The first-order chi connectivity index (χ1) is 13.2. The molecule has 0 spiro atoms. The van der Waals surface area contributed by atoms with Gasteiger partial charge < -0.3 is 9.47 Å². The quantitative estimate of drug-likeness (QED) is 0.530. The Morgan fingerprint density at radius 3 is 2.44 bits per heavy atom. The molecular formula is C22H18N2O3. The van der Waals surface area contributed by atoms with Crippen LogP contribution in [0.2, 0.25) is 0 Å². The fourth-order valence-electron chi connectivity index (χ4n) is 2.94. The van der Waals surface area contributed by atoms with Gasteiger partial charge in [-0.2, -0.15) is 5.10 Å². The molecule has 1 aromatic heterocycles. The summed E-state index contributed by atoms with van der Waals surface area (Å²) >= 11 is 0. The molecule has 27 heavy (non-hydrogen) atoms. The average molecular weight is 358 g/mol. The molecule has 5 heteroatoms. The SMILES string of the molecule is COC(=O)c1n[nH]c2cc(-c3ccc(OCc4ccccc4)cc3)ccc12. The zero-order chi connectivity index (χ0) is 18.6. The Morgan fingerprint density at radius 2 is 1.70 bits per heavy atom. The Kier molecular flexibility index (Phi) is 4.58. The number of nitrogens with zero attached hydrogens (tertiary/aromatic N) is 1. The molecule has 0 fully saturated rings. The number of carbonyl (C=O) groups excluding carboxylic acids is 1. The molecule has 4 aromatic rings.